The van der Waals surface area contributed by atoms with Gasteiger partial charge in [0.15, 0.2) is 0 Å². The SMILES string of the molecule is CCC1CC(CCCOCC(O)CO)C2CCCC12. The van der Waals surface area contributed by atoms with Gasteiger partial charge in [-0.15, -0.1) is 0 Å². The number of ether oxygens (including phenoxy) is 1. The summed E-state index contributed by atoms with van der Waals surface area (Å²) in [6.45, 7) is 3.14. The normalized spacial score (nSPS) is 35.5. The van der Waals surface area contributed by atoms with E-state index < -0.39 is 6.10 Å². The van der Waals surface area contributed by atoms with Crippen LogP contribution in [0.3, 0.4) is 0 Å². The molecule has 0 bridgehead atoms. The van der Waals surface area contributed by atoms with Crippen molar-refractivity contribution in [1.29, 1.82) is 0 Å². The van der Waals surface area contributed by atoms with E-state index in [-0.39, 0.29) is 13.2 Å². The number of hydrogen-bond donors (Lipinski definition) is 2. The molecule has 2 rings (SSSR count). The Labute approximate surface area is 117 Å². The second kappa shape index (κ2) is 7.61. The summed E-state index contributed by atoms with van der Waals surface area (Å²) in [5, 5.41) is 17.9. The highest BCUT2D eigenvalue weighted by Gasteiger charge is 2.43. The van der Waals surface area contributed by atoms with Crippen molar-refractivity contribution in [2.75, 3.05) is 19.8 Å². The highest BCUT2D eigenvalue weighted by molar-refractivity contribution is 4.93. The van der Waals surface area contributed by atoms with Crippen LogP contribution in [0.4, 0.5) is 0 Å². The van der Waals surface area contributed by atoms with Gasteiger partial charge in [0, 0.05) is 6.61 Å². The van der Waals surface area contributed by atoms with Crippen molar-refractivity contribution < 1.29 is 14.9 Å². The molecular formula is C16H30O3. The molecule has 0 heterocycles. The van der Waals surface area contributed by atoms with Crippen LogP contribution >= 0.6 is 0 Å². The fourth-order valence-electron chi connectivity index (χ4n) is 4.45. The van der Waals surface area contributed by atoms with Crippen LogP contribution in [0.1, 0.15) is 51.9 Å². The minimum absolute atomic E-state index is 0.204. The van der Waals surface area contributed by atoms with Crippen molar-refractivity contribution in [3.8, 4) is 0 Å². The fraction of sp³-hybridized carbons (Fsp3) is 1.00. The van der Waals surface area contributed by atoms with E-state index in [1.54, 1.807) is 0 Å². The molecule has 3 heteroatoms. The van der Waals surface area contributed by atoms with E-state index >= 15 is 0 Å². The van der Waals surface area contributed by atoms with Crippen molar-refractivity contribution >= 4 is 0 Å². The largest absolute Gasteiger partial charge is 0.394 e. The number of rotatable bonds is 8. The Balaban J connectivity index is 1.63. The summed E-state index contributed by atoms with van der Waals surface area (Å²) in [7, 11) is 0. The van der Waals surface area contributed by atoms with Crippen LogP contribution in [0, 0.1) is 23.7 Å². The standard InChI is InChI=1S/C16H30O3/c1-2-12-9-13(16-7-3-6-15(12)16)5-4-8-19-11-14(18)10-17/h12-18H,2-11H2,1H3. The van der Waals surface area contributed by atoms with Crippen LogP contribution in [0.15, 0.2) is 0 Å². The first-order chi connectivity index (χ1) is 9.26. The van der Waals surface area contributed by atoms with Gasteiger partial charge >= 0.3 is 0 Å². The third-order valence-electron chi connectivity index (χ3n) is 5.35. The molecule has 0 spiro atoms. The lowest BCUT2D eigenvalue weighted by Crippen LogP contribution is -2.20. The van der Waals surface area contributed by atoms with E-state index in [1.165, 1.54) is 38.5 Å². The first kappa shape index (κ1) is 15.3. The van der Waals surface area contributed by atoms with Gasteiger partial charge < -0.3 is 14.9 Å². The average Bonchev–Trinajstić information content (AvgIpc) is 3.01. The third kappa shape index (κ3) is 3.93. The van der Waals surface area contributed by atoms with Crippen LogP contribution in [0.5, 0.6) is 0 Å². The van der Waals surface area contributed by atoms with Crippen molar-refractivity contribution in [3.63, 3.8) is 0 Å². The summed E-state index contributed by atoms with van der Waals surface area (Å²) >= 11 is 0. The van der Waals surface area contributed by atoms with Gasteiger partial charge in [-0.05, 0) is 55.8 Å². The predicted octanol–water partition coefficient (Wildman–Crippen LogP) is 2.60. The lowest BCUT2D eigenvalue weighted by atomic mass is 9.88. The van der Waals surface area contributed by atoms with Crippen molar-refractivity contribution in [3.05, 3.63) is 0 Å². The molecule has 5 unspecified atom stereocenters. The van der Waals surface area contributed by atoms with E-state index in [0.717, 1.165) is 36.7 Å². The van der Waals surface area contributed by atoms with Gasteiger partial charge in [0.25, 0.3) is 0 Å². The van der Waals surface area contributed by atoms with E-state index in [9.17, 15) is 5.11 Å². The molecule has 0 aromatic heterocycles. The highest BCUT2D eigenvalue weighted by atomic mass is 16.5. The monoisotopic (exact) mass is 270 g/mol. The molecule has 0 aromatic carbocycles. The number of aliphatic hydroxyl groups excluding tert-OH is 2. The molecule has 0 aliphatic heterocycles. The van der Waals surface area contributed by atoms with Crippen LogP contribution in [-0.4, -0.2) is 36.1 Å². The topological polar surface area (TPSA) is 49.7 Å². The van der Waals surface area contributed by atoms with Crippen LogP contribution in [0.2, 0.25) is 0 Å². The zero-order chi connectivity index (χ0) is 13.7. The predicted molar refractivity (Wildman–Crippen MR) is 75.9 cm³/mol. The molecule has 2 fully saturated rings. The van der Waals surface area contributed by atoms with Gasteiger partial charge in [0.05, 0.1) is 13.2 Å². The first-order valence-corrected chi connectivity index (χ1v) is 8.12. The van der Waals surface area contributed by atoms with Crippen LogP contribution in [-0.2, 0) is 4.74 Å². The van der Waals surface area contributed by atoms with Gasteiger partial charge in [-0.1, -0.05) is 19.8 Å². The zero-order valence-corrected chi connectivity index (χ0v) is 12.3. The molecule has 2 aliphatic carbocycles. The van der Waals surface area contributed by atoms with Gasteiger partial charge in [0.1, 0.15) is 6.10 Å². The minimum atomic E-state index is -0.713. The first-order valence-electron chi connectivity index (χ1n) is 8.12. The molecule has 0 aromatic rings. The van der Waals surface area contributed by atoms with E-state index in [1.807, 2.05) is 0 Å². The smallest absolute Gasteiger partial charge is 0.100 e. The maximum atomic E-state index is 9.18. The Morgan fingerprint density at radius 1 is 1.21 bits per heavy atom. The zero-order valence-electron chi connectivity index (χ0n) is 12.3. The maximum Gasteiger partial charge on any atom is 0.100 e. The lowest BCUT2D eigenvalue weighted by Gasteiger charge is -2.18. The Bertz CT molecular complexity index is 256. The van der Waals surface area contributed by atoms with Crippen LogP contribution < -0.4 is 0 Å². The fourth-order valence-corrected chi connectivity index (χ4v) is 4.45. The molecule has 5 atom stereocenters. The molecule has 3 nitrogen and oxygen atoms in total. The Hall–Kier alpha value is -0.120. The molecule has 112 valence electrons. The lowest BCUT2D eigenvalue weighted by molar-refractivity contribution is 0.00431. The Morgan fingerprint density at radius 3 is 2.63 bits per heavy atom. The number of fused-ring (bicyclic) bond motifs is 1. The van der Waals surface area contributed by atoms with Gasteiger partial charge in [-0.2, -0.15) is 0 Å². The maximum absolute atomic E-state index is 9.18. The molecular weight excluding hydrogens is 240 g/mol. The average molecular weight is 270 g/mol. The Kier molecular flexibility index (Phi) is 6.11. The molecule has 2 saturated carbocycles. The second-order valence-electron chi connectivity index (χ2n) is 6.48. The summed E-state index contributed by atoms with van der Waals surface area (Å²) in [5.41, 5.74) is 0. The van der Waals surface area contributed by atoms with Crippen molar-refractivity contribution in [1.82, 2.24) is 0 Å². The summed E-state index contributed by atoms with van der Waals surface area (Å²) in [6, 6.07) is 0. The van der Waals surface area contributed by atoms with E-state index in [2.05, 4.69) is 6.92 Å². The van der Waals surface area contributed by atoms with Gasteiger partial charge in [-0.3, -0.25) is 0 Å². The molecule has 2 aliphatic rings. The highest BCUT2D eigenvalue weighted by Crippen LogP contribution is 2.53. The Morgan fingerprint density at radius 2 is 1.95 bits per heavy atom. The summed E-state index contributed by atoms with van der Waals surface area (Å²) in [6.07, 6.45) is 8.84. The van der Waals surface area contributed by atoms with Gasteiger partial charge in [0.2, 0.25) is 0 Å². The second-order valence-corrected chi connectivity index (χ2v) is 6.48. The van der Waals surface area contributed by atoms with E-state index in [0.29, 0.717) is 0 Å². The summed E-state index contributed by atoms with van der Waals surface area (Å²) in [5.74, 6) is 3.92. The van der Waals surface area contributed by atoms with Gasteiger partial charge in [-0.25, -0.2) is 0 Å². The minimum Gasteiger partial charge on any atom is -0.394 e. The summed E-state index contributed by atoms with van der Waals surface area (Å²) in [4.78, 5) is 0. The van der Waals surface area contributed by atoms with Crippen LogP contribution in [0.25, 0.3) is 0 Å². The molecule has 2 N–H and O–H groups in total. The van der Waals surface area contributed by atoms with Crippen molar-refractivity contribution in [2.45, 2.75) is 58.0 Å². The molecule has 0 amide bonds. The van der Waals surface area contributed by atoms with Crippen molar-refractivity contribution in [2.24, 2.45) is 23.7 Å². The third-order valence-corrected chi connectivity index (χ3v) is 5.35. The molecule has 19 heavy (non-hydrogen) atoms. The summed E-state index contributed by atoms with van der Waals surface area (Å²) < 4.78 is 5.40. The molecule has 0 saturated heterocycles. The quantitative estimate of drug-likeness (QED) is 0.667. The van der Waals surface area contributed by atoms with E-state index in [4.69, 9.17) is 9.84 Å². The number of aliphatic hydroxyl groups is 2. The molecule has 0 radical (unpaired) electrons. The number of hydrogen-bond acceptors (Lipinski definition) is 3.